The lowest BCUT2D eigenvalue weighted by Crippen LogP contribution is -2.10. The zero-order chi connectivity index (χ0) is 11.8. The third-order valence-electron chi connectivity index (χ3n) is 2.15. The molecule has 0 aliphatic rings. The molecule has 0 heterocycles. The Morgan fingerprint density at radius 3 is 2.88 bits per heavy atom. The Bertz CT molecular complexity index is 342. The van der Waals surface area contributed by atoms with Gasteiger partial charge in [-0.3, -0.25) is 4.21 Å². The van der Waals surface area contributed by atoms with Gasteiger partial charge in [-0.05, 0) is 24.1 Å². The molecule has 1 aromatic rings. The van der Waals surface area contributed by atoms with Crippen molar-refractivity contribution in [3.05, 3.63) is 29.8 Å². The van der Waals surface area contributed by atoms with Crippen LogP contribution in [0.2, 0.25) is 0 Å². The SMILES string of the molecule is CCCS(=O)CCOc1cccc(CN)c1. The molecule has 0 aromatic heterocycles. The lowest BCUT2D eigenvalue weighted by molar-refractivity contribution is 0.342. The van der Waals surface area contributed by atoms with Crippen LogP contribution in [-0.2, 0) is 17.3 Å². The summed E-state index contributed by atoms with van der Waals surface area (Å²) < 4.78 is 16.9. The molecule has 0 aliphatic heterocycles. The van der Waals surface area contributed by atoms with Crippen molar-refractivity contribution in [3.63, 3.8) is 0 Å². The highest BCUT2D eigenvalue weighted by molar-refractivity contribution is 7.84. The maximum absolute atomic E-state index is 11.4. The second-order valence-electron chi connectivity index (χ2n) is 3.55. The highest BCUT2D eigenvalue weighted by Gasteiger charge is 1.99. The van der Waals surface area contributed by atoms with Crippen molar-refractivity contribution >= 4 is 10.8 Å². The summed E-state index contributed by atoms with van der Waals surface area (Å²) in [6.45, 7) is 3.04. The lowest BCUT2D eigenvalue weighted by atomic mass is 10.2. The van der Waals surface area contributed by atoms with Crippen LogP contribution in [-0.4, -0.2) is 22.3 Å². The molecule has 0 aliphatic carbocycles. The van der Waals surface area contributed by atoms with Gasteiger partial charge in [0.15, 0.2) is 0 Å². The van der Waals surface area contributed by atoms with Gasteiger partial charge in [0.1, 0.15) is 5.75 Å². The normalized spacial score (nSPS) is 12.4. The Balaban J connectivity index is 2.34. The summed E-state index contributed by atoms with van der Waals surface area (Å²) >= 11 is 0. The molecule has 0 amide bonds. The monoisotopic (exact) mass is 241 g/mol. The van der Waals surface area contributed by atoms with E-state index in [0.717, 1.165) is 23.5 Å². The molecule has 0 spiro atoms. The first-order valence-electron chi connectivity index (χ1n) is 5.53. The van der Waals surface area contributed by atoms with Crippen LogP contribution in [0.25, 0.3) is 0 Å². The van der Waals surface area contributed by atoms with Gasteiger partial charge in [0.25, 0.3) is 0 Å². The number of rotatable bonds is 7. The van der Waals surface area contributed by atoms with E-state index in [9.17, 15) is 4.21 Å². The standard InChI is InChI=1S/C12H19NO2S/c1-2-7-16(14)8-6-15-12-5-3-4-11(9-12)10-13/h3-5,9H,2,6-8,10,13H2,1H3. The van der Waals surface area contributed by atoms with Crippen LogP contribution >= 0.6 is 0 Å². The van der Waals surface area contributed by atoms with E-state index in [1.54, 1.807) is 0 Å². The van der Waals surface area contributed by atoms with Gasteiger partial charge in [-0.15, -0.1) is 0 Å². The van der Waals surface area contributed by atoms with Crippen molar-refractivity contribution < 1.29 is 8.95 Å². The first kappa shape index (κ1) is 13.2. The van der Waals surface area contributed by atoms with E-state index in [4.69, 9.17) is 10.5 Å². The maximum atomic E-state index is 11.4. The fourth-order valence-electron chi connectivity index (χ4n) is 1.34. The minimum absolute atomic E-state index is 0.501. The van der Waals surface area contributed by atoms with Crippen molar-refractivity contribution in [2.75, 3.05) is 18.1 Å². The molecule has 0 radical (unpaired) electrons. The molecule has 4 heteroatoms. The quantitative estimate of drug-likeness (QED) is 0.790. The van der Waals surface area contributed by atoms with E-state index < -0.39 is 10.8 Å². The van der Waals surface area contributed by atoms with E-state index in [1.165, 1.54) is 0 Å². The number of hydrogen-bond acceptors (Lipinski definition) is 3. The van der Waals surface area contributed by atoms with Crippen LogP contribution in [0.4, 0.5) is 0 Å². The molecule has 90 valence electrons. The van der Waals surface area contributed by atoms with E-state index >= 15 is 0 Å². The second-order valence-corrected chi connectivity index (χ2v) is 5.24. The zero-order valence-corrected chi connectivity index (χ0v) is 10.5. The van der Waals surface area contributed by atoms with Crippen molar-refractivity contribution in [1.82, 2.24) is 0 Å². The fourth-order valence-corrected chi connectivity index (χ4v) is 2.27. The minimum Gasteiger partial charge on any atom is -0.493 e. The van der Waals surface area contributed by atoms with Crippen LogP contribution in [0.15, 0.2) is 24.3 Å². The number of nitrogens with two attached hydrogens (primary N) is 1. The highest BCUT2D eigenvalue weighted by Crippen LogP contribution is 2.12. The van der Waals surface area contributed by atoms with Crippen LogP contribution < -0.4 is 10.5 Å². The van der Waals surface area contributed by atoms with Gasteiger partial charge in [0, 0.05) is 23.1 Å². The van der Waals surface area contributed by atoms with Gasteiger partial charge in [-0.2, -0.15) is 0 Å². The Labute approximate surface area is 99.4 Å². The van der Waals surface area contributed by atoms with Crippen molar-refractivity contribution in [3.8, 4) is 5.75 Å². The molecule has 1 unspecified atom stereocenters. The molecular formula is C12H19NO2S. The minimum atomic E-state index is -0.751. The molecule has 1 aromatic carbocycles. The van der Waals surface area contributed by atoms with Gasteiger partial charge in [0.05, 0.1) is 12.4 Å². The second kappa shape index (κ2) is 7.41. The predicted octanol–water partition coefficient (Wildman–Crippen LogP) is 1.68. The van der Waals surface area contributed by atoms with Crippen LogP contribution in [0.5, 0.6) is 5.75 Å². The Morgan fingerprint density at radius 1 is 1.38 bits per heavy atom. The van der Waals surface area contributed by atoms with E-state index in [-0.39, 0.29) is 0 Å². The van der Waals surface area contributed by atoms with Crippen LogP contribution in [0, 0.1) is 0 Å². The van der Waals surface area contributed by atoms with Crippen molar-refractivity contribution in [1.29, 1.82) is 0 Å². The van der Waals surface area contributed by atoms with E-state index in [0.29, 0.717) is 18.9 Å². The number of ether oxygens (including phenoxy) is 1. The topological polar surface area (TPSA) is 52.3 Å². The predicted molar refractivity (Wildman–Crippen MR) is 68.0 cm³/mol. The Morgan fingerprint density at radius 2 is 2.19 bits per heavy atom. The van der Waals surface area contributed by atoms with Crippen molar-refractivity contribution in [2.24, 2.45) is 5.73 Å². The molecule has 3 nitrogen and oxygen atoms in total. The summed E-state index contributed by atoms with van der Waals surface area (Å²) in [5.41, 5.74) is 6.58. The largest absolute Gasteiger partial charge is 0.493 e. The molecular weight excluding hydrogens is 222 g/mol. The highest BCUT2D eigenvalue weighted by atomic mass is 32.2. The van der Waals surface area contributed by atoms with E-state index in [1.807, 2.05) is 31.2 Å². The third-order valence-corrected chi connectivity index (χ3v) is 3.63. The van der Waals surface area contributed by atoms with E-state index in [2.05, 4.69) is 0 Å². The summed E-state index contributed by atoms with van der Waals surface area (Å²) in [6.07, 6.45) is 0.954. The van der Waals surface area contributed by atoms with Crippen LogP contribution in [0.1, 0.15) is 18.9 Å². The van der Waals surface area contributed by atoms with Gasteiger partial charge in [-0.25, -0.2) is 0 Å². The Kier molecular flexibility index (Phi) is 6.11. The molecule has 2 N–H and O–H groups in total. The van der Waals surface area contributed by atoms with Gasteiger partial charge in [-0.1, -0.05) is 19.1 Å². The van der Waals surface area contributed by atoms with Crippen molar-refractivity contribution in [2.45, 2.75) is 19.9 Å². The molecule has 16 heavy (non-hydrogen) atoms. The van der Waals surface area contributed by atoms with Gasteiger partial charge in [0.2, 0.25) is 0 Å². The first-order chi connectivity index (χ1) is 7.76. The molecule has 1 atom stereocenters. The molecule has 1 rings (SSSR count). The van der Waals surface area contributed by atoms with Crippen LogP contribution in [0.3, 0.4) is 0 Å². The molecule has 0 fully saturated rings. The summed E-state index contributed by atoms with van der Waals surface area (Å²) in [5.74, 6) is 2.16. The number of hydrogen-bond donors (Lipinski definition) is 1. The fraction of sp³-hybridized carbons (Fsp3) is 0.500. The average molecular weight is 241 g/mol. The van der Waals surface area contributed by atoms with Gasteiger partial charge >= 0.3 is 0 Å². The number of benzene rings is 1. The van der Waals surface area contributed by atoms with Gasteiger partial charge < -0.3 is 10.5 Å². The third kappa shape index (κ3) is 4.77. The summed E-state index contributed by atoms with van der Waals surface area (Å²) in [5, 5.41) is 0. The smallest absolute Gasteiger partial charge is 0.119 e. The first-order valence-corrected chi connectivity index (χ1v) is 7.02. The molecule has 0 saturated carbocycles. The molecule has 0 bridgehead atoms. The maximum Gasteiger partial charge on any atom is 0.119 e. The molecule has 0 saturated heterocycles. The lowest BCUT2D eigenvalue weighted by Gasteiger charge is -2.07. The average Bonchev–Trinajstić information content (AvgIpc) is 2.30. The summed E-state index contributed by atoms with van der Waals surface area (Å²) in [6, 6.07) is 7.69. The zero-order valence-electron chi connectivity index (χ0n) is 9.65. The summed E-state index contributed by atoms with van der Waals surface area (Å²) in [7, 11) is -0.751. The summed E-state index contributed by atoms with van der Waals surface area (Å²) in [4.78, 5) is 0. The Hall–Kier alpha value is -0.870.